The highest BCUT2D eigenvalue weighted by Crippen LogP contribution is 2.10. The monoisotopic (exact) mass is 269 g/mol. The summed E-state index contributed by atoms with van der Waals surface area (Å²) in [6.07, 6.45) is 3.29. The highest BCUT2D eigenvalue weighted by atomic mass is 32.2. The lowest BCUT2D eigenvalue weighted by Crippen LogP contribution is -2.25. The van der Waals surface area contributed by atoms with Gasteiger partial charge >= 0.3 is 0 Å². The summed E-state index contributed by atoms with van der Waals surface area (Å²) >= 11 is 0. The van der Waals surface area contributed by atoms with Crippen LogP contribution in [0, 0.1) is 0 Å². The van der Waals surface area contributed by atoms with Crippen molar-refractivity contribution >= 4 is 15.7 Å². The lowest BCUT2D eigenvalue weighted by molar-refractivity contribution is -0.121. The fraction of sp³-hybridized carbons (Fsp3) is 0.462. The Kier molecular flexibility index (Phi) is 5.34. The minimum atomic E-state index is -3.13. The SMILES string of the molecule is CCCC(=O)NCCc1ccc(S(C)(=O)=O)cc1. The van der Waals surface area contributed by atoms with E-state index in [0.29, 0.717) is 24.3 Å². The maximum absolute atomic E-state index is 11.3. The van der Waals surface area contributed by atoms with E-state index in [1.165, 1.54) is 6.26 Å². The Morgan fingerprint density at radius 2 is 1.83 bits per heavy atom. The van der Waals surface area contributed by atoms with E-state index in [-0.39, 0.29) is 5.91 Å². The Morgan fingerprint density at radius 1 is 1.22 bits per heavy atom. The van der Waals surface area contributed by atoms with Gasteiger partial charge < -0.3 is 5.32 Å². The van der Waals surface area contributed by atoms with Crippen molar-refractivity contribution < 1.29 is 13.2 Å². The first kappa shape index (κ1) is 14.7. The number of carbonyl (C=O) groups excluding carboxylic acids is 1. The number of benzene rings is 1. The molecule has 0 aliphatic carbocycles. The Bertz CT molecular complexity index is 491. The van der Waals surface area contributed by atoms with Crippen molar-refractivity contribution in [2.24, 2.45) is 0 Å². The average molecular weight is 269 g/mol. The maximum atomic E-state index is 11.3. The molecule has 0 bridgehead atoms. The molecular weight excluding hydrogens is 250 g/mol. The molecule has 0 aliphatic heterocycles. The van der Waals surface area contributed by atoms with Crippen LogP contribution in [0.1, 0.15) is 25.3 Å². The lowest BCUT2D eigenvalue weighted by Gasteiger charge is -2.05. The van der Waals surface area contributed by atoms with Crippen LogP contribution in [-0.4, -0.2) is 27.1 Å². The van der Waals surface area contributed by atoms with Gasteiger partial charge in [0.1, 0.15) is 0 Å². The molecular formula is C13H19NO3S. The highest BCUT2D eigenvalue weighted by molar-refractivity contribution is 7.90. The zero-order chi connectivity index (χ0) is 13.6. The second kappa shape index (κ2) is 6.54. The van der Waals surface area contributed by atoms with Crippen molar-refractivity contribution in [2.75, 3.05) is 12.8 Å². The van der Waals surface area contributed by atoms with Crippen LogP contribution in [0.15, 0.2) is 29.2 Å². The molecule has 1 rings (SSSR count). The van der Waals surface area contributed by atoms with Gasteiger partial charge in [0, 0.05) is 19.2 Å². The molecule has 0 spiro atoms. The summed E-state index contributed by atoms with van der Waals surface area (Å²) in [6.45, 7) is 2.54. The molecule has 1 aromatic rings. The van der Waals surface area contributed by atoms with E-state index in [9.17, 15) is 13.2 Å². The van der Waals surface area contributed by atoms with Gasteiger partial charge in [-0.15, -0.1) is 0 Å². The summed E-state index contributed by atoms with van der Waals surface area (Å²) in [7, 11) is -3.13. The topological polar surface area (TPSA) is 63.2 Å². The quantitative estimate of drug-likeness (QED) is 0.852. The van der Waals surface area contributed by atoms with Gasteiger partial charge in [0.25, 0.3) is 0 Å². The highest BCUT2D eigenvalue weighted by Gasteiger charge is 2.06. The summed E-state index contributed by atoms with van der Waals surface area (Å²) in [4.78, 5) is 11.5. The maximum Gasteiger partial charge on any atom is 0.219 e. The Labute approximate surface area is 108 Å². The van der Waals surface area contributed by atoms with E-state index in [2.05, 4.69) is 5.32 Å². The normalized spacial score (nSPS) is 11.2. The number of amides is 1. The molecule has 18 heavy (non-hydrogen) atoms. The van der Waals surface area contributed by atoms with Crippen LogP contribution in [0.5, 0.6) is 0 Å². The van der Waals surface area contributed by atoms with Crippen LogP contribution in [-0.2, 0) is 21.1 Å². The minimum absolute atomic E-state index is 0.0604. The smallest absolute Gasteiger partial charge is 0.219 e. The van der Waals surface area contributed by atoms with Crippen LogP contribution >= 0.6 is 0 Å². The van der Waals surface area contributed by atoms with Crippen LogP contribution in [0.4, 0.5) is 0 Å². The largest absolute Gasteiger partial charge is 0.356 e. The summed E-state index contributed by atoms with van der Waals surface area (Å²) < 4.78 is 22.5. The van der Waals surface area contributed by atoms with Crippen molar-refractivity contribution in [1.29, 1.82) is 0 Å². The zero-order valence-corrected chi connectivity index (χ0v) is 11.6. The van der Waals surface area contributed by atoms with E-state index in [0.717, 1.165) is 12.0 Å². The molecule has 5 heteroatoms. The van der Waals surface area contributed by atoms with Gasteiger partial charge in [0.2, 0.25) is 5.91 Å². The van der Waals surface area contributed by atoms with Crippen molar-refractivity contribution in [3.8, 4) is 0 Å². The average Bonchev–Trinajstić information content (AvgIpc) is 2.29. The first-order valence-electron chi connectivity index (χ1n) is 5.99. The van der Waals surface area contributed by atoms with Gasteiger partial charge in [0.05, 0.1) is 4.90 Å². The van der Waals surface area contributed by atoms with Gasteiger partial charge in [-0.3, -0.25) is 4.79 Å². The number of nitrogens with one attached hydrogen (secondary N) is 1. The molecule has 0 saturated carbocycles. The first-order chi connectivity index (χ1) is 8.43. The number of hydrogen-bond donors (Lipinski definition) is 1. The van der Waals surface area contributed by atoms with Crippen molar-refractivity contribution in [1.82, 2.24) is 5.32 Å². The summed E-state index contributed by atoms with van der Waals surface area (Å²) in [6, 6.07) is 6.75. The third-order valence-electron chi connectivity index (χ3n) is 2.56. The Balaban J connectivity index is 2.47. The number of sulfone groups is 1. The molecule has 0 aromatic heterocycles. The first-order valence-corrected chi connectivity index (χ1v) is 7.88. The Hall–Kier alpha value is -1.36. The second-order valence-corrected chi connectivity index (χ2v) is 6.28. The predicted octanol–water partition coefficient (Wildman–Crippen LogP) is 1.55. The van der Waals surface area contributed by atoms with Crippen molar-refractivity contribution in [3.63, 3.8) is 0 Å². The summed E-state index contributed by atoms with van der Waals surface area (Å²) in [5.74, 6) is 0.0604. The fourth-order valence-corrected chi connectivity index (χ4v) is 2.20. The van der Waals surface area contributed by atoms with E-state index >= 15 is 0 Å². The summed E-state index contributed by atoms with van der Waals surface area (Å²) in [5.41, 5.74) is 1.01. The van der Waals surface area contributed by atoms with E-state index in [1.807, 2.05) is 6.92 Å². The molecule has 1 N–H and O–H groups in total. The predicted molar refractivity (Wildman–Crippen MR) is 71.2 cm³/mol. The molecule has 1 aromatic carbocycles. The Morgan fingerprint density at radius 3 is 2.33 bits per heavy atom. The van der Waals surface area contributed by atoms with Gasteiger partial charge in [-0.2, -0.15) is 0 Å². The van der Waals surface area contributed by atoms with Crippen LogP contribution in [0.2, 0.25) is 0 Å². The molecule has 4 nitrogen and oxygen atoms in total. The molecule has 0 fully saturated rings. The standard InChI is InChI=1S/C13H19NO3S/c1-3-4-13(15)14-10-9-11-5-7-12(8-6-11)18(2,16)17/h5-8H,3-4,9-10H2,1-2H3,(H,14,15). The molecule has 100 valence electrons. The second-order valence-electron chi connectivity index (χ2n) is 4.27. The van der Waals surface area contributed by atoms with Gasteiger partial charge in [0.15, 0.2) is 9.84 Å². The zero-order valence-electron chi connectivity index (χ0n) is 10.8. The molecule has 0 radical (unpaired) electrons. The molecule has 0 saturated heterocycles. The van der Waals surface area contributed by atoms with Gasteiger partial charge in [-0.25, -0.2) is 8.42 Å². The number of rotatable bonds is 6. The van der Waals surface area contributed by atoms with E-state index in [1.54, 1.807) is 24.3 Å². The molecule has 0 atom stereocenters. The number of carbonyl (C=O) groups is 1. The third-order valence-corrected chi connectivity index (χ3v) is 3.69. The third kappa shape index (κ3) is 4.87. The van der Waals surface area contributed by atoms with Crippen molar-refractivity contribution in [2.45, 2.75) is 31.1 Å². The molecule has 0 unspecified atom stereocenters. The molecule has 1 amide bonds. The lowest BCUT2D eigenvalue weighted by atomic mass is 10.1. The minimum Gasteiger partial charge on any atom is -0.356 e. The van der Waals surface area contributed by atoms with E-state index in [4.69, 9.17) is 0 Å². The van der Waals surface area contributed by atoms with Crippen LogP contribution in [0.25, 0.3) is 0 Å². The van der Waals surface area contributed by atoms with Gasteiger partial charge in [-0.05, 0) is 30.5 Å². The van der Waals surface area contributed by atoms with Crippen LogP contribution in [0.3, 0.4) is 0 Å². The van der Waals surface area contributed by atoms with Crippen molar-refractivity contribution in [3.05, 3.63) is 29.8 Å². The van der Waals surface area contributed by atoms with E-state index < -0.39 is 9.84 Å². The van der Waals surface area contributed by atoms with Gasteiger partial charge in [-0.1, -0.05) is 19.1 Å². The molecule has 0 heterocycles. The summed E-state index contributed by atoms with van der Waals surface area (Å²) in [5, 5.41) is 2.82. The number of hydrogen-bond acceptors (Lipinski definition) is 3. The molecule has 0 aliphatic rings. The fourth-order valence-electron chi connectivity index (χ4n) is 1.57. The van der Waals surface area contributed by atoms with Crippen LogP contribution < -0.4 is 5.32 Å².